The van der Waals surface area contributed by atoms with Crippen LogP contribution >= 0.6 is 15.9 Å². The molecule has 0 heterocycles. The highest BCUT2D eigenvalue weighted by atomic mass is 79.9. The Morgan fingerprint density at radius 2 is 1.86 bits per heavy atom. The maximum Gasteiger partial charge on any atom is 0.120 e. The van der Waals surface area contributed by atoms with E-state index in [1.165, 1.54) is 16.7 Å². The lowest BCUT2D eigenvalue weighted by molar-refractivity contribution is 0.414. The van der Waals surface area contributed by atoms with Crippen molar-refractivity contribution in [3.05, 3.63) is 63.6 Å². The van der Waals surface area contributed by atoms with E-state index < -0.39 is 0 Å². The molecule has 21 heavy (non-hydrogen) atoms. The largest absolute Gasteiger partial charge is 0.497 e. The summed E-state index contributed by atoms with van der Waals surface area (Å²) < 4.78 is 6.36. The van der Waals surface area contributed by atoms with Crippen LogP contribution in [0.15, 0.2) is 46.9 Å². The van der Waals surface area contributed by atoms with Gasteiger partial charge in [0.15, 0.2) is 0 Å². The maximum absolute atomic E-state index is 5.29. The molecule has 0 radical (unpaired) electrons. The van der Waals surface area contributed by atoms with E-state index in [0.29, 0.717) is 0 Å². The van der Waals surface area contributed by atoms with E-state index in [0.717, 1.165) is 23.2 Å². The predicted octanol–water partition coefficient (Wildman–Crippen LogP) is 4.72. The van der Waals surface area contributed by atoms with Gasteiger partial charge >= 0.3 is 0 Å². The number of ether oxygens (including phenoxy) is 1. The first-order chi connectivity index (χ1) is 10.2. The average molecular weight is 348 g/mol. The van der Waals surface area contributed by atoms with E-state index >= 15 is 0 Å². The van der Waals surface area contributed by atoms with Crippen LogP contribution in [0, 0.1) is 0 Å². The second-order valence-electron chi connectivity index (χ2n) is 4.93. The molecule has 3 heteroatoms. The Labute approximate surface area is 135 Å². The summed E-state index contributed by atoms with van der Waals surface area (Å²) in [5, 5.41) is 3.60. The van der Waals surface area contributed by atoms with Gasteiger partial charge in [-0.1, -0.05) is 60.1 Å². The topological polar surface area (TPSA) is 21.3 Å². The van der Waals surface area contributed by atoms with Crippen molar-refractivity contribution in [2.75, 3.05) is 13.7 Å². The van der Waals surface area contributed by atoms with Gasteiger partial charge in [-0.05, 0) is 41.8 Å². The van der Waals surface area contributed by atoms with Crippen LogP contribution in [0.5, 0.6) is 5.75 Å². The molecule has 112 valence electrons. The molecule has 0 aliphatic heterocycles. The summed E-state index contributed by atoms with van der Waals surface area (Å²) in [6, 6.07) is 15.0. The Morgan fingerprint density at radius 1 is 1.10 bits per heavy atom. The van der Waals surface area contributed by atoms with Crippen molar-refractivity contribution in [2.45, 2.75) is 26.3 Å². The Balaban J connectivity index is 2.48. The molecule has 0 bridgehead atoms. The van der Waals surface area contributed by atoms with Crippen molar-refractivity contribution in [1.82, 2.24) is 5.32 Å². The molecule has 2 aromatic rings. The first kappa shape index (κ1) is 16.1. The molecule has 0 amide bonds. The first-order valence-electron chi connectivity index (χ1n) is 7.35. The fourth-order valence-corrected chi connectivity index (χ4v) is 3.19. The monoisotopic (exact) mass is 347 g/mol. The molecule has 1 atom stereocenters. The van der Waals surface area contributed by atoms with E-state index in [4.69, 9.17) is 4.74 Å². The quantitative estimate of drug-likeness (QED) is 0.816. The summed E-state index contributed by atoms with van der Waals surface area (Å²) >= 11 is 3.68. The molecule has 1 unspecified atom stereocenters. The Bertz CT molecular complexity index is 598. The average Bonchev–Trinajstić information content (AvgIpc) is 2.53. The highest BCUT2D eigenvalue weighted by Gasteiger charge is 2.18. The molecule has 2 aromatic carbocycles. The number of benzene rings is 2. The van der Waals surface area contributed by atoms with Crippen molar-refractivity contribution in [3.63, 3.8) is 0 Å². The standard InChI is InChI=1S/C18H22BrNO/c1-4-13-8-6-7-9-15(13)18(20-5-2)16-11-10-14(21-3)12-17(16)19/h6-12,18,20H,4-5H2,1-3H3. The SMILES string of the molecule is CCNC(c1ccc(OC)cc1Br)c1ccccc1CC. The highest BCUT2D eigenvalue weighted by Crippen LogP contribution is 2.33. The fourth-order valence-electron chi connectivity index (χ4n) is 2.60. The Morgan fingerprint density at radius 3 is 2.48 bits per heavy atom. The van der Waals surface area contributed by atoms with Crippen LogP contribution in [0.1, 0.15) is 36.6 Å². The molecule has 0 saturated heterocycles. The number of hydrogen-bond donors (Lipinski definition) is 1. The third-order valence-corrected chi connectivity index (χ3v) is 4.36. The van der Waals surface area contributed by atoms with Gasteiger partial charge in [0.1, 0.15) is 5.75 Å². The van der Waals surface area contributed by atoms with Gasteiger partial charge in [0.05, 0.1) is 13.2 Å². The Kier molecular flexibility index (Phi) is 5.83. The summed E-state index contributed by atoms with van der Waals surface area (Å²) in [4.78, 5) is 0. The minimum Gasteiger partial charge on any atom is -0.497 e. The molecule has 0 saturated carbocycles. The van der Waals surface area contributed by atoms with Crippen LogP contribution < -0.4 is 10.1 Å². The summed E-state index contributed by atoms with van der Waals surface area (Å²) in [5.41, 5.74) is 3.96. The number of hydrogen-bond acceptors (Lipinski definition) is 2. The molecular formula is C18H22BrNO. The van der Waals surface area contributed by atoms with Crippen molar-refractivity contribution in [1.29, 1.82) is 0 Å². The number of aryl methyl sites for hydroxylation is 1. The highest BCUT2D eigenvalue weighted by molar-refractivity contribution is 9.10. The molecule has 0 aliphatic carbocycles. The maximum atomic E-state index is 5.29. The lowest BCUT2D eigenvalue weighted by Crippen LogP contribution is -2.23. The third-order valence-electron chi connectivity index (χ3n) is 3.67. The van der Waals surface area contributed by atoms with Gasteiger partial charge in [-0.25, -0.2) is 0 Å². The van der Waals surface area contributed by atoms with Crippen LogP contribution in [-0.4, -0.2) is 13.7 Å². The molecule has 0 spiro atoms. The number of nitrogens with one attached hydrogen (secondary N) is 1. The van der Waals surface area contributed by atoms with E-state index in [1.807, 2.05) is 12.1 Å². The van der Waals surface area contributed by atoms with Crippen LogP contribution in [0.4, 0.5) is 0 Å². The van der Waals surface area contributed by atoms with Gasteiger partial charge in [-0.3, -0.25) is 0 Å². The zero-order chi connectivity index (χ0) is 15.2. The molecule has 2 nitrogen and oxygen atoms in total. The summed E-state index contributed by atoms with van der Waals surface area (Å²) in [6.07, 6.45) is 1.03. The minimum absolute atomic E-state index is 0.187. The minimum atomic E-state index is 0.187. The van der Waals surface area contributed by atoms with Gasteiger partial charge in [0.25, 0.3) is 0 Å². The second-order valence-corrected chi connectivity index (χ2v) is 5.78. The molecule has 2 rings (SSSR count). The lowest BCUT2D eigenvalue weighted by Gasteiger charge is -2.23. The van der Waals surface area contributed by atoms with Gasteiger partial charge in [0, 0.05) is 4.47 Å². The molecule has 0 fully saturated rings. The van der Waals surface area contributed by atoms with Crippen LogP contribution in [0.25, 0.3) is 0 Å². The predicted molar refractivity (Wildman–Crippen MR) is 92.0 cm³/mol. The third kappa shape index (κ3) is 3.66. The number of halogens is 1. The summed E-state index contributed by atoms with van der Waals surface area (Å²) in [6.45, 7) is 5.26. The zero-order valence-electron chi connectivity index (χ0n) is 12.8. The summed E-state index contributed by atoms with van der Waals surface area (Å²) in [5.74, 6) is 0.865. The van der Waals surface area contributed by atoms with E-state index in [-0.39, 0.29) is 6.04 Å². The van der Waals surface area contributed by atoms with Crippen LogP contribution in [0.2, 0.25) is 0 Å². The molecule has 1 N–H and O–H groups in total. The van der Waals surface area contributed by atoms with Crippen molar-refractivity contribution < 1.29 is 4.74 Å². The van der Waals surface area contributed by atoms with Gasteiger partial charge < -0.3 is 10.1 Å². The number of rotatable bonds is 6. The molecule has 0 aliphatic rings. The van der Waals surface area contributed by atoms with Gasteiger partial charge in [0.2, 0.25) is 0 Å². The number of methoxy groups -OCH3 is 1. The molecule has 0 aromatic heterocycles. The first-order valence-corrected chi connectivity index (χ1v) is 8.15. The molecular weight excluding hydrogens is 326 g/mol. The zero-order valence-corrected chi connectivity index (χ0v) is 14.4. The lowest BCUT2D eigenvalue weighted by atomic mass is 9.93. The van der Waals surface area contributed by atoms with E-state index in [2.05, 4.69) is 65.4 Å². The summed E-state index contributed by atoms with van der Waals surface area (Å²) in [7, 11) is 1.69. The van der Waals surface area contributed by atoms with Crippen molar-refractivity contribution in [2.24, 2.45) is 0 Å². The van der Waals surface area contributed by atoms with Gasteiger partial charge in [-0.15, -0.1) is 0 Å². The van der Waals surface area contributed by atoms with Crippen LogP contribution in [-0.2, 0) is 6.42 Å². The smallest absolute Gasteiger partial charge is 0.120 e. The van der Waals surface area contributed by atoms with Gasteiger partial charge in [-0.2, -0.15) is 0 Å². The fraction of sp³-hybridized carbons (Fsp3) is 0.333. The van der Waals surface area contributed by atoms with Crippen molar-refractivity contribution >= 4 is 15.9 Å². The van der Waals surface area contributed by atoms with E-state index in [1.54, 1.807) is 7.11 Å². The van der Waals surface area contributed by atoms with Crippen molar-refractivity contribution in [3.8, 4) is 5.75 Å². The normalized spacial score (nSPS) is 12.2. The van der Waals surface area contributed by atoms with E-state index in [9.17, 15) is 0 Å². The van der Waals surface area contributed by atoms with Crippen LogP contribution in [0.3, 0.4) is 0 Å². The Hall–Kier alpha value is -1.32. The second kappa shape index (κ2) is 7.62.